The number of carbonyl (C=O) groups is 1. The smallest absolute Gasteiger partial charge is 0.251 e. The van der Waals surface area contributed by atoms with Crippen LogP contribution in [0.4, 0.5) is 0 Å². The lowest BCUT2D eigenvalue weighted by Crippen LogP contribution is -2.30. The summed E-state index contributed by atoms with van der Waals surface area (Å²) in [5, 5.41) is 6.46. The van der Waals surface area contributed by atoms with Crippen LogP contribution < -0.4 is 15.4 Å². The van der Waals surface area contributed by atoms with Crippen LogP contribution in [-0.2, 0) is 11.3 Å². The molecule has 146 valence electrons. The van der Waals surface area contributed by atoms with Crippen molar-refractivity contribution in [3.8, 4) is 5.75 Å². The first-order valence-electron chi connectivity index (χ1n) is 9.26. The molecule has 1 fully saturated rings. The number of benzene rings is 1. The van der Waals surface area contributed by atoms with Crippen LogP contribution in [0.25, 0.3) is 0 Å². The number of hydrogen-bond acceptors (Lipinski definition) is 4. The molecule has 0 atom stereocenters. The Hall–Kier alpha value is -2.56. The molecule has 5 nitrogen and oxygen atoms in total. The molecule has 1 aromatic rings. The lowest BCUT2D eigenvalue weighted by atomic mass is 10.0. The first kappa shape index (κ1) is 20.7. The van der Waals surface area contributed by atoms with Crippen molar-refractivity contribution in [1.29, 1.82) is 0 Å². The largest absolute Gasteiger partial charge is 0.497 e. The van der Waals surface area contributed by atoms with Crippen molar-refractivity contribution < 1.29 is 9.53 Å². The minimum Gasteiger partial charge on any atom is -0.497 e. The van der Waals surface area contributed by atoms with E-state index in [1.54, 1.807) is 7.11 Å². The Morgan fingerprint density at radius 2 is 1.96 bits per heavy atom. The van der Waals surface area contributed by atoms with E-state index in [9.17, 15) is 4.79 Å². The Labute approximate surface area is 162 Å². The fourth-order valence-electron chi connectivity index (χ4n) is 3.00. The molecule has 2 N–H and O–H groups in total. The van der Waals surface area contributed by atoms with E-state index < -0.39 is 0 Å². The van der Waals surface area contributed by atoms with Crippen molar-refractivity contribution in [2.45, 2.75) is 59.5 Å². The number of methoxy groups -OCH3 is 1. The molecule has 1 saturated carbocycles. The maximum Gasteiger partial charge on any atom is 0.251 e. The third-order valence-electron chi connectivity index (χ3n) is 5.02. The predicted octanol–water partition coefficient (Wildman–Crippen LogP) is 4.03. The van der Waals surface area contributed by atoms with Gasteiger partial charge in [0, 0.05) is 23.2 Å². The molecule has 1 aromatic carbocycles. The zero-order valence-electron chi connectivity index (χ0n) is 17.3. The molecule has 27 heavy (non-hydrogen) atoms. The zero-order valence-corrected chi connectivity index (χ0v) is 17.3. The Morgan fingerprint density at radius 1 is 1.30 bits per heavy atom. The standard InChI is InChI=1S/C22H31N3O2/c1-14(2)19(16(4)20(23-6)25-22(5)10-11-22)21(26)24-13-17-8-9-18(27-7)12-15(17)3/h8-9,12,25H,6,10-11,13H2,1-5,7H3,(H,24,26)/b20-16-. The minimum atomic E-state index is -0.105. The van der Waals surface area contributed by atoms with E-state index in [4.69, 9.17) is 4.74 Å². The summed E-state index contributed by atoms with van der Waals surface area (Å²) in [6, 6.07) is 5.85. The number of rotatable bonds is 8. The van der Waals surface area contributed by atoms with E-state index >= 15 is 0 Å². The van der Waals surface area contributed by atoms with E-state index in [0.29, 0.717) is 17.9 Å². The van der Waals surface area contributed by atoms with Gasteiger partial charge in [0.25, 0.3) is 5.91 Å². The zero-order chi connectivity index (χ0) is 20.2. The SMILES string of the molecule is C=N/C(NC1(C)CC1)=C(\C)C(C(=O)NCc1ccc(OC)cc1C)=C(C)C. The van der Waals surface area contributed by atoms with Gasteiger partial charge in [-0.15, -0.1) is 0 Å². The van der Waals surface area contributed by atoms with Gasteiger partial charge in [-0.25, -0.2) is 4.99 Å². The van der Waals surface area contributed by atoms with Gasteiger partial charge in [-0.3, -0.25) is 4.79 Å². The number of aryl methyl sites for hydroxylation is 1. The summed E-state index contributed by atoms with van der Waals surface area (Å²) in [6.45, 7) is 14.1. The summed E-state index contributed by atoms with van der Waals surface area (Å²) < 4.78 is 5.24. The van der Waals surface area contributed by atoms with Crippen molar-refractivity contribution in [2.75, 3.05) is 7.11 Å². The van der Waals surface area contributed by atoms with Crippen molar-refractivity contribution in [2.24, 2.45) is 4.99 Å². The van der Waals surface area contributed by atoms with Crippen LogP contribution >= 0.6 is 0 Å². The normalized spacial score (nSPS) is 15.3. The van der Waals surface area contributed by atoms with E-state index in [2.05, 4.69) is 29.3 Å². The van der Waals surface area contributed by atoms with E-state index in [0.717, 1.165) is 40.9 Å². The highest BCUT2D eigenvalue weighted by molar-refractivity contribution is 5.98. The van der Waals surface area contributed by atoms with Gasteiger partial charge in [0.05, 0.1) is 7.11 Å². The molecular weight excluding hydrogens is 338 g/mol. The van der Waals surface area contributed by atoms with Crippen molar-refractivity contribution in [1.82, 2.24) is 10.6 Å². The van der Waals surface area contributed by atoms with E-state index in [1.165, 1.54) is 0 Å². The highest BCUT2D eigenvalue weighted by Gasteiger charge is 2.38. The lowest BCUT2D eigenvalue weighted by Gasteiger charge is -2.19. The molecule has 2 rings (SSSR count). The average molecular weight is 370 g/mol. The van der Waals surface area contributed by atoms with Gasteiger partial charge in [0.2, 0.25) is 0 Å². The molecule has 0 bridgehead atoms. The number of allylic oxidation sites excluding steroid dienone is 1. The van der Waals surface area contributed by atoms with Crippen LogP contribution in [0.2, 0.25) is 0 Å². The number of nitrogens with zero attached hydrogens (tertiary/aromatic N) is 1. The Kier molecular flexibility index (Phi) is 6.47. The molecule has 0 saturated heterocycles. The number of nitrogens with one attached hydrogen (secondary N) is 2. The van der Waals surface area contributed by atoms with E-state index in [1.807, 2.05) is 45.9 Å². The predicted molar refractivity (Wildman–Crippen MR) is 111 cm³/mol. The van der Waals surface area contributed by atoms with Gasteiger partial charge in [0.15, 0.2) is 0 Å². The molecule has 0 unspecified atom stereocenters. The Bertz CT molecular complexity index is 798. The fraction of sp³-hybridized carbons (Fsp3) is 0.455. The third kappa shape index (κ3) is 5.22. The summed E-state index contributed by atoms with van der Waals surface area (Å²) in [4.78, 5) is 17.1. The summed E-state index contributed by atoms with van der Waals surface area (Å²) >= 11 is 0. The van der Waals surface area contributed by atoms with Gasteiger partial charge >= 0.3 is 0 Å². The van der Waals surface area contributed by atoms with Gasteiger partial charge in [-0.2, -0.15) is 0 Å². The molecule has 0 aromatic heterocycles. The maximum absolute atomic E-state index is 12.9. The van der Waals surface area contributed by atoms with Crippen LogP contribution in [0.3, 0.4) is 0 Å². The van der Waals surface area contributed by atoms with Gasteiger partial charge < -0.3 is 15.4 Å². The van der Waals surface area contributed by atoms with Crippen LogP contribution in [0.15, 0.2) is 45.7 Å². The summed E-state index contributed by atoms with van der Waals surface area (Å²) in [6.07, 6.45) is 2.21. The second-order valence-corrected chi connectivity index (χ2v) is 7.67. The minimum absolute atomic E-state index is 0.0707. The molecule has 0 aliphatic heterocycles. The molecule has 1 amide bonds. The van der Waals surface area contributed by atoms with Crippen LogP contribution in [-0.4, -0.2) is 25.3 Å². The molecule has 1 aliphatic carbocycles. The maximum atomic E-state index is 12.9. The van der Waals surface area contributed by atoms with Gasteiger partial charge in [-0.1, -0.05) is 11.6 Å². The van der Waals surface area contributed by atoms with Crippen molar-refractivity contribution in [3.05, 3.63) is 51.9 Å². The molecule has 0 radical (unpaired) electrons. The number of ether oxygens (including phenoxy) is 1. The molecule has 0 spiro atoms. The van der Waals surface area contributed by atoms with E-state index in [-0.39, 0.29) is 11.4 Å². The summed E-state index contributed by atoms with van der Waals surface area (Å²) in [5.74, 6) is 1.39. The number of carbonyl (C=O) groups excluding carboxylic acids is 1. The lowest BCUT2D eigenvalue weighted by molar-refractivity contribution is -0.117. The van der Waals surface area contributed by atoms with Crippen LogP contribution in [0, 0.1) is 6.92 Å². The summed E-state index contributed by atoms with van der Waals surface area (Å²) in [7, 11) is 1.65. The number of amides is 1. The average Bonchev–Trinajstić information content (AvgIpc) is 3.35. The molecule has 5 heteroatoms. The third-order valence-corrected chi connectivity index (χ3v) is 5.02. The first-order chi connectivity index (χ1) is 12.7. The summed E-state index contributed by atoms with van der Waals surface area (Å²) in [5.41, 5.74) is 4.63. The second kappa shape index (κ2) is 8.42. The number of aliphatic imine (C=N–C) groups is 1. The monoisotopic (exact) mass is 369 g/mol. The first-order valence-corrected chi connectivity index (χ1v) is 9.26. The highest BCUT2D eigenvalue weighted by Crippen LogP contribution is 2.36. The van der Waals surface area contributed by atoms with Crippen molar-refractivity contribution in [3.63, 3.8) is 0 Å². The van der Waals surface area contributed by atoms with Crippen LogP contribution in [0.1, 0.15) is 51.7 Å². The van der Waals surface area contributed by atoms with Crippen molar-refractivity contribution >= 4 is 12.6 Å². The Morgan fingerprint density at radius 3 is 2.44 bits per heavy atom. The second-order valence-electron chi connectivity index (χ2n) is 7.67. The van der Waals surface area contributed by atoms with Gasteiger partial charge in [-0.05, 0) is 77.4 Å². The van der Waals surface area contributed by atoms with Crippen LogP contribution in [0.5, 0.6) is 5.75 Å². The van der Waals surface area contributed by atoms with Gasteiger partial charge in [0.1, 0.15) is 11.6 Å². The molecule has 0 heterocycles. The topological polar surface area (TPSA) is 62.7 Å². The molecular formula is C22H31N3O2. The molecule has 1 aliphatic rings. The number of hydrogen-bond donors (Lipinski definition) is 2. The Balaban J connectivity index is 2.18. The fourth-order valence-corrected chi connectivity index (χ4v) is 3.00. The quantitative estimate of drug-likeness (QED) is 0.413. The highest BCUT2D eigenvalue weighted by atomic mass is 16.5.